The van der Waals surface area contributed by atoms with E-state index in [0.29, 0.717) is 10.6 Å². The van der Waals surface area contributed by atoms with E-state index in [1.165, 1.54) is 18.2 Å². The lowest BCUT2D eigenvalue weighted by Crippen LogP contribution is -2.14. The minimum atomic E-state index is -1.60. The van der Waals surface area contributed by atoms with E-state index < -0.39 is 9.26 Å². The van der Waals surface area contributed by atoms with Gasteiger partial charge in [-0.3, -0.25) is 10.1 Å². The van der Waals surface area contributed by atoms with Crippen LogP contribution < -0.4 is 0 Å². The smallest absolute Gasteiger partial charge is 0.258 e. The van der Waals surface area contributed by atoms with Crippen molar-refractivity contribution in [1.82, 2.24) is 0 Å². The Balaban J connectivity index is 2.62. The minimum Gasteiger partial charge on any atom is -0.258 e. The molecule has 0 saturated carbocycles. The number of hydrogen-bond acceptors (Lipinski definition) is 2. The van der Waals surface area contributed by atoms with Crippen LogP contribution in [0.4, 0.5) is 5.69 Å². The molecule has 2 rings (SSSR count). The quantitative estimate of drug-likeness (QED) is 0.412. The van der Waals surface area contributed by atoms with E-state index >= 15 is 0 Å². The largest absolute Gasteiger partial charge is 0.277 e. The summed E-state index contributed by atoms with van der Waals surface area (Å²) in [5.41, 5.74) is 0.332. The van der Waals surface area contributed by atoms with Gasteiger partial charge in [0.15, 0.2) is 4.33 Å². The highest BCUT2D eigenvalue weighted by molar-refractivity contribution is 6.50. The molecular formula is C13H7Cl4NO2. The summed E-state index contributed by atoms with van der Waals surface area (Å²) >= 11 is 24.3. The second kappa shape index (κ2) is 5.78. The Kier molecular flexibility index (Phi) is 4.45. The maximum atomic E-state index is 11.1. The molecule has 0 aliphatic rings. The molecule has 0 amide bonds. The molecule has 0 spiro atoms. The van der Waals surface area contributed by atoms with Crippen molar-refractivity contribution in [2.75, 3.05) is 0 Å². The van der Waals surface area contributed by atoms with E-state index in [-0.39, 0.29) is 16.3 Å². The summed E-state index contributed by atoms with van der Waals surface area (Å²) in [5, 5.41) is 11.8. The standard InChI is InChI=1S/C13H7Cl4NO2/c14-9-3-1-2-8(6-9)13(16,17)11-5-4-10(15)7-12(11)18(19)20/h1-7H. The summed E-state index contributed by atoms with van der Waals surface area (Å²) in [4.78, 5) is 10.5. The fourth-order valence-electron chi connectivity index (χ4n) is 1.76. The predicted octanol–water partition coefficient (Wildman–Crippen LogP) is 5.58. The third-order valence-corrected chi connectivity index (χ3v) is 4.00. The summed E-state index contributed by atoms with van der Waals surface area (Å²) in [6.45, 7) is 0. The van der Waals surface area contributed by atoms with E-state index in [2.05, 4.69) is 0 Å². The van der Waals surface area contributed by atoms with Crippen LogP contribution in [0.5, 0.6) is 0 Å². The van der Waals surface area contributed by atoms with Crippen molar-refractivity contribution in [3.63, 3.8) is 0 Å². The molecule has 2 aromatic rings. The molecule has 0 heterocycles. The molecule has 104 valence electrons. The van der Waals surface area contributed by atoms with Gasteiger partial charge in [-0.1, -0.05) is 58.5 Å². The molecule has 0 bridgehead atoms. The maximum absolute atomic E-state index is 11.1. The van der Waals surface area contributed by atoms with Gasteiger partial charge in [-0.25, -0.2) is 0 Å². The zero-order valence-electron chi connectivity index (χ0n) is 9.82. The van der Waals surface area contributed by atoms with Crippen LogP contribution >= 0.6 is 46.4 Å². The van der Waals surface area contributed by atoms with Gasteiger partial charge in [-0.05, 0) is 29.8 Å². The molecule has 2 aromatic carbocycles. The topological polar surface area (TPSA) is 43.1 Å². The summed E-state index contributed by atoms with van der Waals surface area (Å²) in [7, 11) is 0. The molecule has 7 heteroatoms. The number of rotatable bonds is 3. The van der Waals surface area contributed by atoms with E-state index in [1.54, 1.807) is 24.3 Å². The number of halogens is 4. The maximum Gasteiger partial charge on any atom is 0.277 e. The highest BCUT2D eigenvalue weighted by Gasteiger charge is 2.36. The van der Waals surface area contributed by atoms with Crippen molar-refractivity contribution >= 4 is 52.1 Å². The lowest BCUT2D eigenvalue weighted by molar-refractivity contribution is -0.385. The van der Waals surface area contributed by atoms with Crippen LogP contribution in [0.25, 0.3) is 0 Å². The first-order valence-corrected chi connectivity index (χ1v) is 6.92. The number of nitrogens with zero attached hydrogens (tertiary/aromatic N) is 1. The fraction of sp³-hybridized carbons (Fsp3) is 0.0769. The van der Waals surface area contributed by atoms with E-state index in [1.807, 2.05) is 0 Å². The monoisotopic (exact) mass is 349 g/mol. The highest BCUT2D eigenvalue weighted by atomic mass is 35.5. The molecule has 20 heavy (non-hydrogen) atoms. The van der Waals surface area contributed by atoms with Crippen LogP contribution in [-0.4, -0.2) is 4.92 Å². The van der Waals surface area contributed by atoms with Gasteiger partial charge in [0.25, 0.3) is 5.69 Å². The number of nitro groups is 1. The molecule has 0 aromatic heterocycles. The lowest BCUT2D eigenvalue weighted by atomic mass is 10.0. The zero-order valence-corrected chi connectivity index (χ0v) is 12.8. The second-order valence-corrected chi connectivity index (χ2v) is 6.20. The molecule has 0 radical (unpaired) electrons. The Morgan fingerprint density at radius 1 is 1.00 bits per heavy atom. The summed E-state index contributed by atoms with van der Waals surface area (Å²) in [6.07, 6.45) is 0. The van der Waals surface area contributed by atoms with Gasteiger partial charge >= 0.3 is 0 Å². The van der Waals surface area contributed by atoms with Crippen LogP contribution in [0, 0.1) is 10.1 Å². The molecule has 0 aliphatic heterocycles. The summed E-state index contributed by atoms with van der Waals surface area (Å²) < 4.78 is -1.60. The van der Waals surface area contributed by atoms with Crippen molar-refractivity contribution in [2.45, 2.75) is 4.33 Å². The fourth-order valence-corrected chi connectivity index (χ4v) is 2.67. The molecule has 3 nitrogen and oxygen atoms in total. The molecule has 0 unspecified atom stereocenters. The first kappa shape index (κ1) is 15.4. The van der Waals surface area contributed by atoms with Crippen molar-refractivity contribution < 1.29 is 4.92 Å². The predicted molar refractivity (Wildman–Crippen MR) is 82.0 cm³/mol. The van der Waals surface area contributed by atoms with Crippen molar-refractivity contribution in [2.24, 2.45) is 0 Å². The van der Waals surface area contributed by atoms with E-state index in [9.17, 15) is 10.1 Å². The average molecular weight is 351 g/mol. The molecule has 0 atom stereocenters. The highest BCUT2D eigenvalue weighted by Crippen LogP contribution is 2.45. The Bertz CT molecular complexity index is 673. The van der Waals surface area contributed by atoms with E-state index in [0.717, 1.165) is 0 Å². The van der Waals surface area contributed by atoms with Gasteiger partial charge < -0.3 is 0 Å². The Labute approximate surface area is 135 Å². The van der Waals surface area contributed by atoms with Gasteiger partial charge in [0.05, 0.1) is 10.5 Å². The van der Waals surface area contributed by atoms with Gasteiger partial charge in [0, 0.05) is 16.1 Å². The van der Waals surface area contributed by atoms with Gasteiger partial charge in [-0.2, -0.15) is 0 Å². The van der Waals surface area contributed by atoms with Crippen molar-refractivity contribution in [3.05, 3.63) is 73.8 Å². The summed E-state index contributed by atoms with van der Waals surface area (Å²) in [6, 6.07) is 10.7. The molecule has 0 saturated heterocycles. The molecular weight excluding hydrogens is 344 g/mol. The molecule has 0 aliphatic carbocycles. The van der Waals surface area contributed by atoms with Crippen molar-refractivity contribution in [3.8, 4) is 0 Å². The lowest BCUT2D eigenvalue weighted by Gasteiger charge is -2.20. The number of hydrogen-bond donors (Lipinski definition) is 0. The number of nitro benzene ring substituents is 1. The van der Waals surface area contributed by atoms with Crippen LogP contribution in [0.2, 0.25) is 10.0 Å². The Morgan fingerprint density at radius 2 is 1.65 bits per heavy atom. The first-order chi connectivity index (χ1) is 9.32. The average Bonchev–Trinajstić information content (AvgIpc) is 2.38. The Hall–Kier alpha value is -1.00. The van der Waals surface area contributed by atoms with Crippen LogP contribution in [0.3, 0.4) is 0 Å². The van der Waals surface area contributed by atoms with E-state index in [4.69, 9.17) is 46.4 Å². The number of alkyl halides is 2. The number of benzene rings is 2. The second-order valence-electron chi connectivity index (χ2n) is 4.00. The molecule has 0 N–H and O–H groups in total. The third-order valence-electron chi connectivity index (χ3n) is 2.68. The first-order valence-electron chi connectivity index (χ1n) is 5.40. The normalized spacial score (nSPS) is 11.4. The van der Waals surface area contributed by atoms with Gasteiger partial charge in [0.2, 0.25) is 0 Å². The zero-order chi connectivity index (χ0) is 14.9. The minimum absolute atomic E-state index is 0.137. The van der Waals surface area contributed by atoms with Crippen molar-refractivity contribution in [1.29, 1.82) is 0 Å². The summed E-state index contributed by atoms with van der Waals surface area (Å²) in [5.74, 6) is 0. The molecule has 0 fully saturated rings. The SMILES string of the molecule is O=[N+]([O-])c1cc(Cl)ccc1C(Cl)(Cl)c1cccc(Cl)c1. The Morgan fingerprint density at radius 3 is 2.25 bits per heavy atom. The van der Waals surface area contributed by atoms with Crippen LogP contribution in [-0.2, 0) is 4.33 Å². The van der Waals surface area contributed by atoms with Gasteiger partial charge in [0.1, 0.15) is 0 Å². The van der Waals surface area contributed by atoms with Gasteiger partial charge in [-0.15, -0.1) is 0 Å². The van der Waals surface area contributed by atoms with Crippen LogP contribution in [0.15, 0.2) is 42.5 Å². The third kappa shape index (κ3) is 3.01. The van der Waals surface area contributed by atoms with Crippen LogP contribution in [0.1, 0.15) is 11.1 Å².